The first-order valence-corrected chi connectivity index (χ1v) is 7.20. The number of methoxy groups -OCH3 is 1. The Kier molecular flexibility index (Phi) is 4.99. The second-order valence-electron chi connectivity index (χ2n) is 5.36. The highest BCUT2D eigenvalue weighted by atomic mass is 16.5. The number of nitrogens with one attached hydrogen (secondary N) is 1. The Morgan fingerprint density at radius 2 is 1.77 bits per heavy atom. The summed E-state index contributed by atoms with van der Waals surface area (Å²) in [5.74, 6) is 0.712. The Bertz CT molecular complexity index is 700. The van der Waals surface area contributed by atoms with Gasteiger partial charge in [0.25, 0.3) is 0 Å². The van der Waals surface area contributed by atoms with Gasteiger partial charge in [-0.3, -0.25) is 4.79 Å². The summed E-state index contributed by atoms with van der Waals surface area (Å²) in [7, 11) is 1.61. The zero-order chi connectivity index (χ0) is 16.1. The van der Waals surface area contributed by atoms with Crippen LogP contribution in [0.1, 0.15) is 28.4 Å². The van der Waals surface area contributed by atoms with Crippen LogP contribution < -0.4 is 10.1 Å². The Balaban J connectivity index is 2.13. The van der Waals surface area contributed by atoms with Gasteiger partial charge in [-0.2, -0.15) is 0 Å². The molecule has 3 heteroatoms. The predicted molar refractivity (Wildman–Crippen MR) is 90.6 cm³/mol. The number of carbonyl (C=O) groups excluding carboxylic acids is 1. The molecule has 0 saturated heterocycles. The summed E-state index contributed by atoms with van der Waals surface area (Å²) in [5.41, 5.74) is 4.81. The van der Waals surface area contributed by atoms with Crippen molar-refractivity contribution < 1.29 is 9.53 Å². The normalized spacial score (nSPS) is 11.2. The summed E-state index contributed by atoms with van der Waals surface area (Å²) in [5, 5.41) is 3.29. The molecule has 0 radical (unpaired) electrons. The number of carbonyl (C=O) groups is 1. The van der Waals surface area contributed by atoms with Crippen LogP contribution in [0.2, 0.25) is 0 Å². The van der Waals surface area contributed by atoms with E-state index in [4.69, 9.17) is 4.74 Å². The molecule has 3 nitrogen and oxygen atoms in total. The number of aryl methyl sites for hydroxylation is 2. The van der Waals surface area contributed by atoms with Crippen molar-refractivity contribution in [3.8, 4) is 5.75 Å². The van der Waals surface area contributed by atoms with E-state index in [2.05, 4.69) is 23.5 Å². The molecule has 2 aromatic carbocycles. The van der Waals surface area contributed by atoms with Crippen LogP contribution in [0, 0.1) is 13.8 Å². The molecule has 1 N–H and O–H groups in total. The first-order chi connectivity index (χ1) is 10.5. The Labute approximate surface area is 131 Å². The summed E-state index contributed by atoms with van der Waals surface area (Å²) in [6.45, 7) is 5.98. The Morgan fingerprint density at radius 3 is 2.41 bits per heavy atom. The maximum Gasteiger partial charge on any atom is 0.187 e. The highest BCUT2D eigenvalue weighted by Gasteiger charge is 2.05. The molecule has 0 aliphatic heterocycles. The van der Waals surface area contributed by atoms with Crippen molar-refractivity contribution in [3.05, 3.63) is 70.9 Å². The third-order valence-electron chi connectivity index (χ3n) is 3.45. The summed E-state index contributed by atoms with van der Waals surface area (Å²) in [4.78, 5) is 12.2. The van der Waals surface area contributed by atoms with E-state index in [0.29, 0.717) is 5.56 Å². The Morgan fingerprint density at radius 1 is 1.09 bits per heavy atom. The molecule has 22 heavy (non-hydrogen) atoms. The van der Waals surface area contributed by atoms with Crippen LogP contribution in [0.25, 0.3) is 0 Å². The van der Waals surface area contributed by atoms with Crippen LogP contribution in [0.3, 0.4) is 0 Å². The number of rotatable bonds is 5. The number of ether oxygens (including phenoxy) is 1. The smallest absolute Gasteiger partial charge is 0.187 e. The SMILES string of the molecule is COc1ccc(C(=O)/C=C(\C)Nc2cc(C)ccc2C)cc1. The van der Waals surface area contributed by atoms with Crippen molar-refractivity contribution in [1.82, 2.24) is 0 Å². The minimum absolute atomic E-state index is 0.0297. The number of hydrogen-bond donors (Lipinski definition) is 1. The lowest BCUT2D eigenvalue weighted by atomic mass is 10.1. The van der Waals surface area contributed by atoms with Crippen LogP contribution in [0.5, 0.6) is 5.75 Å². The van der Waals surface area contributed by atoms with Crippen molar-refractivity contribution in [1.29, 1.82) is 0 Å². The molecular weight excluding hydrogens is 274 g/mol. The van der Waals surface area contributed by atoms with Crippen molar-refractivity contribution in [2.24, 2.45) is 0 Å². The zero-order valence-corrected chi connectivity index (χ0v) is 13.4. The lowest BCUT2D eigenvalue weighted by Crippen LogP contribution is -2.02. The molecule has 0 aliphatic carbocycles. The third kappa shape index (κ3) is 3.98. The van der Waals surface area contributed by atoms with Gasteiger partial charge in [0.05, 0.1) is 7.11 Å². The van der Waals surface area contributed by atoms with Gasteiger partial charge in [0, 0.05) is 23.0 Å². The Hall–Kier alpha value is -2.55. The molecule has 2 aromatic rings. The number of benzene rings is 2. The van der Waals surface area contributed by atoms with Gasteiger partial charge in [0.15, 0.2) is 5.78 Å². The molecule has 0 aliphatic rings. The van der Waals surface area contributed by atoms with E-state index in [1.165, 1.54) is 5.56 Å². The van der Waals surface area contributed by atoms with Crippen molar-refractivity contribution >= 4 is 11.5 Å². The largest absolute Gasteiger partial charge is 0.497 e. The van der Waals surface area contributed by atoms with E-state index in [-0.39, 0.29) is 5.78 Å². The van der Waals surface area contributed by atoms with Crippen LogP contribution >= 0.6 is 0 Å². The topological polar surface area (TPSA) is 38.3 Å². The fourth-order valence-electron chi connectivity index (χ4n) is 2.15. The molecule has 0 atom stereocenters. The van der Waals surface area contributed by atoms with Crippen molar-refractivity contribution in [3.63, 3.8) is 0 Å². The summed E-state index contributed by atoms with van der Waals surface area (Å²) < 4.78 is 5.09. The van der Waals surface area contributed by atoms with Gasteiger partial charge in [-0.05, 0) is 62.2 Å². The summed E-state index contributed by atoms with van der Waals surface area (Å²) in [6, 6.07) is 13.3. The molecule has 0 amide bonds. The van der Waals surface area contributed by atoms with E-state index in [0.717, 1.165) is 22.7 Å². The monoisotopic (exact) mass is 295 g/mol. The van der Waals surface area contributed by atoms with E-state index >= 15 is 0 Å². The quantitative estimate of drug-likeness (QED) is 0.651. The maximum absolute atomic E-state index is 12.2. The summed E-state index contributed by atoms with van der Waals surface area (Å²) in [6.07, 6.45) is 1.61. The van der Waals surface area contributed by atoms with Crippen LogP contribution in [0.4, 0.5) is 5.69 Å². The van der Waals surface area contributed by atoms with Gasteiger partial charge >= 0.3 is 0 Å². The van der Waals surface area contributed by atoms with Gasteiger partial charge in [0.1, 0.15) is 5.75 Å². The lowest BCUT2D eigenvalue weighted by molar-refractivity contribution is 0.104. The lowest BCUT2D eigenvalue weighted by Gasteiger charge is -2.10. The molecule has 0 spiro atoms. The van der Waals surface area contributed by atoms with Crippen molar-refractivity contribution in [2.75, 3.05) is 12.4 Å². The zero-order valence-electron chi connectivity index (χ0n) is 13.4. The predicted octanol–water partition coefficient (Wildman–Crippen LogP) is 4.51. The fraction of sp³-hybridized carbons (Fsp3) is 0.211. The maximum atomic E-state index is 12.2. The number of ketones is 1. The second-order valence-corrected chi connectivity index (χ2v) is 5.36. The first kappa shape index (κ1) is 15.8. The molecule has 114 valence electrons. The fourth-order valence-corrected chi connectivity index (χ4v) is 2.15. The first-order valence-electron chi connectivity index (χ1n) is 7.20. The van der Waals surface area contributed by atoms with Gasteiger partial charge in [-0.1, -0.05) is 12.1 Å². The summed E-state index contributed by atoms with van der Waals surface area (Å²) >= 11 is 0. The van der Waals surface area contributed by atoms with Gasteiger partial charge in [0.2, 0.25) is 0 Å². The second kappa shape index (κ2) is 6.94. The van der Waals surface area contributed by atoms with Crippen LogP contribution in [0.15, 0.2) is 54.2 Å². The highest BCUT2D eigenvalue weighted by Crippen LogP contribution is 2.19. The molecule has 0 unspecified atom stereocenters. The van der Waals surface area contributed by atoms with E-state index in [1.807, 2.05) is 20.8 Å². The molecular formula is C19H21NO2. The molecule has 2 rings (SSSR count). The number of anilines is 1. The third-order valence-corrected chi connectivity index (χ3v) is 3.45. The van der Waals surface area contributed by atoms with E-state index in [9.17, 15) is 4.79 Å². The van der Waals surface area contributed by atoms with Gasteiger partial charge < -0.3 is 10.1 Å². The minimum atomic E-state index is -0.0297. The average molecular weight is 295 g/mol. The number of allylic oxidation sites excluding steroid dienone is 2. The average Bonchev–Trinajstić information content (AvgIpc) is 2.51. The molecule has 0 fully saturated rings. The van der Waals surface area contributed by atoms with E-state index < -0.39 is 0 Å². The van der Waals surface area contributed by atoms with Crippen molar-refractivity contribution in [2.45, 2.75) is 20.8 Å². The van der Waals surface area contributed by atoms with Crippen LogP contribution in [-0.2, 0) is 0 Å². The molecule has 0 aromatic heterocycles. The van der Waals surface area contributed by atoms with E-state index in [1.54, 1.807) is 37.5 Å². The van der Waals surface area contributed by atoms with Crippen LogP contribution in [-0.4, -0.2) is 12.9 Å². The van der Waals surface area contributed by atoms with Gasteiger partial charge in [-0.15, -0.1) is 0 Å². The number of hydrogen-bond acceptors (Lipinski definition) is 3. The standard InChI is InChI=1S/C19H21NO2/c1-13-5-6-14(2)18(11-13)20-15(3)12-19(21)16-7-9-17(22-4)10-8-16/h5-12,20H,1-4H3/b15-12+. The molecule has 0 bridgehead atoms. The van der Waals surface area contributed by atoms with Gasteiger partial charge in [-0.25, -0.2) is 0 Å². The molecule has 0 heterocycles. The molecule has 0 saturated carbocycles. The highest BCUT2D eigenvalue weighted by molar-refractivity contribution is 6.05. The minimum Gasteiger partial charge on any atom is -0.497 e.